The lowest BCUT2D eigenvalue weighted by atomic mass is 10.0. The molecule has 4 heteroatoms. The zero-order chi connectivity index (χ0) is 12.5. The summed E-state index contributed by atoms with van der Waals surface area (Å²) >= 11 is 0. The van der Waals surface area contributed by atoms with Gasteiger partial charge in [-0.1, -0.05) is 23.4 Å². The number of aryl methyl sites for hydroxylation is 2. The summed E-state index contributed by atoms with van der Waals surface area (Å²) in [6, 6.07) is 7.52. The van der Waals surface area contributed by atoms with Crippen LogP contribution in [0.1, 0.15) is 35.4 Å². The Labute approximate surface area is 106 Å². The van der Waals surface area contributed by atoms with Gasteiger partial charge in [0, 0.05) is 12.5 Å². The van der Waals surface area contributed by atoms with Crippen molar-refractivity contribution in [3.63, 3.8) is 0 Å². The molecule has 1 aliphatic carbocycles. The normalized spacial score (nSPS) is 14.8. The quantitative estimate of drug-likeness (QED) is 0.897. The molecule has 0 spiro atoms. The van der Waals surface area contributed by atoms with E-state index < -0.39 is 0 Å². The van der Waals surface area contributed by atoms with Crippen LogP contribution >= 0.6 is 0 Å². The van der Waals surface area contributed by atoms with Gasteiger partial charge in [-0.25, -0.2) is 0 Å². The minimum absolute atomic E-state index is 0.542. The molecular weight excluding hydrogens is 226 g/mol. The minimum Gasteiger partial charge on any atom is -0.335 e. The summed E-state index contributed by atoms with van der Waals surface area (Å²) in [5.74, 6) is 0.737. The van der Waals surface area contributed by atoms with Gasteiger partial charge in [-0.15, -0.1) is 0 Å². The molecule has 1 heterocycles. The van der Waals surface area contributed by atoms with Crippen LogP contribution in [-0.2, 0) is 6.42 Å². The molecule has 0 saturated heterocycles. The maximum atomic E-state index is 5.17. The molecule has 0 atom stereocenters. The van der Waals surface area contributed by atoms with Gasteiger partial charge >= 0.3 is 6.01 Å². The standard InChI is InChI=1S/C14H17N3O/c1-9-3-4-11(7-10(9)2)8-13-16-14(18-17-13)15-12-5-6-12/h3-4,7,12H,5-6,8H2,1-2H3,(H,15,16,17). The fraction of sp³-hybridized carbons (Fsp3) is 0.429. The van der Waals surface area contributed by atoms with Gasteiger partial charge in [-0.05, 0) is 43.4 Å². The van der Waals surface area contributed by atoms with Crippen LogP contribution < -0.4 is 5.32 Å². The zero-order valence-electron chi connectivity index (χ0n) is 10.7. The van der Waals surface area contributed by atoms with Gasteiger partial charge in [0.2, 0.25) is 0 Å². The first-order valence-electron chi connectivity index (χ1n) is 6.36. The van der Waals surface area contributed by atoms with Crippen LogP contribution in [0.15, 0.2) is 22.7 Å². The van der Waals surface area contributed by atoms with E-state index in [1.165, 1.54) is 29.5 Å². The lowest BCUT2D eigenvalue weighted by molar-refractivity contribution is 0.423. The van der Waals surface area contributed by atoms with Gasteiger partial charge in [0.05, 0.1) is 0 Å². The van der Waals surface area contributed by atoms with Crippen LogP contribution in [0.5, 0.6) is 0 Å². The van der Waals surface area contributed by atoms with Crippen molar-refractivity contribution in [2.75, 3.05) is 5.32 Å². The second-order valence-electron chi connectivity index (χ2n) is 5.03. The third-order valence-electron chi connectivity index (χ3n) is 3.31. The number of benzene rings is 1. The summed E-state index contributed by atoms with van der Waals surface area (Å²) in [4.78, 5) is 4.35. The van der Waals surface area contributed by atoms with Crippen LogP contribution in [0.3, 0.4) is 0 Å². The van der Waals surface area contributed by atoms with Crippen molar-refractivity contribution in [1.82, 2.24) is 10.1 Å². The second-order valence-corrected chi connectivity index (χ2v) is 5.03. The second kappa shape index (κ2) is 4.44. The average Bonchev–Trinajstić information content (AvgIpc) is 3.04. The molecule has 1 aromatic heterocycles. The van der Waals surface area contributed by atoms with Crippen molar-refractivity contribution in [1.29, 1.82) is 0 Å². The summed E-state index contributed by atoms with van der Waals surface area (Å²) in [7, 11) is 0. The molecule has 0 bridgehead atoms. The number of hydrogen-bond donors (Lipinski definition) is 1. The van der Waals surface area contributed by atoms with Crippen molar-refractivity contribution in [2.24, 2.45) is 0 Å². The fourth-order valence-electron chi connectivity index (χ4n) is 1.88. The van der Waals surface area contributed by atoms with Crippen LogP contribution in [0.2, 0.25) is 0 Å². The van der Waals surface area contributed by atoms with E-state index in [-0.39, 0.29) is 0 Å². The molecule has 1 fully saturated rings. The molecule has 1 aliphatic rings. The molecule has 0 unspecified atom stereocenters. The molecule has 1 aromatic carbocycles. The predicted molar refractivity (Wildman–Crippen MR) is 69.7 cm³/mol. The minimum atomic E-state index is 0.542. The molecule has 3 rings (SSSR count). The number of nitrogens with zero attached hydrogens (tertiary/aromatic N) is 2. The van der Waals surface area contributed by atoms with Crippen LogP contribution in [0, 0.1) is 13.8 Å². The highest BCUT2D eigenvalue weighted by Crippen LogP contribution is 2.23. The molecule has 2 aromatic rings. The lowest BCUT2D eigenvalue weighted by Gasteiger charge is -2.02. The first-order valence-corrected chi connectivity index (χ1v) is 6.36. The van der Waals surface area contributed by atoms with Gasteiger partial charge in [-0.3, -0.25) is 0 Å². The predicted octanol–water partition coefficient (Wildman–Crippen LogP) is 2.85. The van der Waals surface area contributed by atoms with E-state index in [2.05, 4.69) is 47.5 Å². The van der Waals surface area contributed by atoms with Crippen molar-refractivity contribution in [3.8, 4) is 0 Å². The summed E-state index contributed by atoms with van der Waals surface area (Å²) in [6.07, 6.45) is 3.13. The molecule has 4 nitrogen and oxygen atoms in total. The Morgan fingerprint density at radius 2 is 2.11 bits per heavy atom. The van der Waals surface area contributed by atoms with Gasteiger partial charge in [0.15, 0.2) is 5.82 Å². The highest BCUT2D eigenvalue weighted by Gasteiger charge is 2.23. The van der Waals surface area contributed by atoms with E-state index in [9.17, 15) is 0 Å². The SMILES string of the molecule is Cc1ccc(Cc2noc(NC3CC3)n2)cc1C. The van der Waals surface area contributed by atoms with Gasteiger partial charge in [0.1, 0.15) is 0 Å². The Morgan fingerprint density at radius 1 is 1.28 bits per heavy atom. The lowest BCUT2D eigenvalue weighted by Crippen LogP contribution is -2.01. The molecular formula is C14H17N3O. The average molecular weight is 243 g/mol. The highest BCUT2D eigenvalue weighted by molar-refractivity contribution is 5.32. The summed E-state index contributed by atoms with van der Waals surface area (Å²) in [6.45, 7) is 4.24. The van der Waals surface area contributed by atoms with E-state index in [1.807, 2.05) is 0 Å². The van der Waals surface area contributed by atoms with Crippen LogP contribution in [0.25, 0.3) is 0 Å². The van der Waals surface area contributed by atoms with Crippen molar-refractivity contribution < 1.29 is 4.52 Å². The molecule has 18 heavy (non-hydrogen) atoms. The Morgan fingerprint density at radius 3 is 2.83 bits per heavy atom. The number of anilines is 1. The third kappa shape index (κ3) is 2.53. The van der Waals surface area contributed by atoms with Crippen LogP contribution in [-0.4, -0.2) is 16.2 Å². The van der Waals surface area contributed by atoms with Crippen molar-refractivity contribution in [2.45, 2.75) is 39.2 Å². The maximum Gasteiger partial charge on any atom is 0.321 e. The van der Waals surface area contributed by atoms with E-state index in [1.54, 1.807) is 0 Å². The Balaban J connectivity index is 1.70. The molecule has 1 N–H and O–H groups in total. The third-order valence-corrected chi connectivity index (χ3v) is 3.31. The zero-order valence-corrected chi connectivity index (χ0v) is 10.7. The Hall–Kier alpha value is -1.84. The number of aromatic nitrogens is 2. The van der Waals surface area contributed by atoms with Gasteiger partial charge < -0.3 is 9.84 Å². The summed E-state index contributed by atoms with van der Waals surface area (Å²) in [5, 5.41) is 7.20. The van der Waals surface area contributed by atoms with Crippen LogP contribution in [0.4, 0.5) is 6.01 Å². The largest absolute Gasteiger partial charge is 0.335 e. The highest BCUT2D eigenvalue weighted by atomic mass is 16.5. The molecule has 0 radical (unpaired) electrons. The number of rotatable bonds is 4. The van der Waals surface area contributed by atoms with E-state index in [4.69, 9.17) is 4.52 Å². The molecule has 0 aliphatic heterocycles. The number of nitrogens with one attached hydrogen (secondary N) is 1. The van der Waals surface area contributed by atoms with Gasteiger partial charge in [-0.2, -0.15) is 4.98 Å². The summed E-state index contributed by atoms with van der Waals surface area (Å²) in [5.41, 5.74) is 3.83. The van der Waals surface area contributed by atoms with Gasteiger partial charge in [0.25, 0.3) is 0 Å². The Bertz CT molecular complexity index is 558. The smallest absolute Gasteiger partial charge is 0.321 e. The van der Waals surface area contributed by atoms with Crippen molar-refractivity contribution in [3.05, 3.63) is 40.7 Å². The fourth-order valence-corrected chi connectivity index (χ4v) is 1.88. The summed E-state index contributed by atoms with van der Waals surface area (Å²) < 4.78 is 5.17. The maximum absolute atomic E-state index is 5.17. The first kappa shape index (κ1) is 11.3. The van der Waals surface area contributed by atoms with E-state index in [0.29, 0.717) is 12.1 Å². The molecule has 1 saturated carbocycles. The molecule has 94 valence electrons. The van der Waals surface area contributed by atoms with E-state index in [0.717, 1.165) is 12.2 Å². The molecule has 0 amide bonds. The van der Waals surface area contributed by atoms with E-state index >= 15 is 0 Å². The number of hydrogen-bond acceptors (Lipinski definition) is 4. The first-order chi connectivity index (χ1) is 8.70. The monoisotopic (exact) mass is 243 g/mol. The topological polar surface area (TPSA) is 51.0 Å². The van der Waals surface area contributed by atoms with Crippen molar-refractivity contribution >= 4 is 6.01 Å². The Kier molecular flexibility index (Phi) is 2.78.